The lowest BCUT2D eigenvalue weighted by atomic mass is 10.2. The Hall–Kier alpha value is -3.47. The second-order valence-electron chi connectivity index (χ2n) is 6.22. The van der Waals surface area contributed by atoms with Crippen LogP contribution in [0.25, 0.3) is 0 Å². The zero-order valence-electron chi connectivity index (χ0n) is 14.8. The quantitative estimate of drug-likeness (QED) is 0.720. The van der Waals surface area contributed by atoms with Crippen LogP contribution in [0.2, 0.25) is 0 Å². The first-order valence-corrected chi connectivity index (χ1v) is 8.82. The first-order chi connectivity index (χ1) is 13.3. The third-order valence-electron chi connectivity index (χ3n) is 4.37. The van der Waals surface area contributed by atoms with Crippen molar-refractivity contribution in [2.75, 3.05) is 23.6 Å². The number of hydrogen-bond donors (Lipinski definition) is 1. The smallest absolute Gasteiger partial charge is 0.246 e. The second-order valence-corrected chi connectivity index (χ2v) is 6.22. The summed E-state index contributed by atoms with van der Waals surface area (Å²) in [4.78, 5) is 14.7. The van der Waals surface area contributed by atoms with Crippen LogP contribution in [0.5, 0.6) is 11.5 Å². The minimum atomic E-state index is -0.0114. The molecule has 1 N–H and O–H groups in total. The molecule has 136 valence electrons. The van der Waals surface area contributed by atoms with Gasteiger partial charge in [-0.15, -0.1) is 0 Å². The number of ether oxygens (including phenoxy) is 2. The molecule has 0 saturated heterocycles. The molecule has 1 amide bonds. The summed E-state index contributed by atoms with van der Waals surface area (Å²) in [6.45, 7) is 0.935. The molecular weight excluding hydrogens is 340 g/mol. The summed E-state index contributed by atoms with van der Waals surface area (Å²) < 4.78 is 10.7. The average Bonchev–Trinajstić information content (AvgIpc) is 3.19. The van der Waals surface area contributed by atoms with Crippen molar-refractivity contribution in [2.45, 2.75) is 6.54 Å². The number of carbonyl (C=O) groups excluding carboxylic acids is 1. The molecule has 0 bridgehead atoms. The van der Waals surface area contributed by atoms with Crippen LogP contribution in [0.1, 0.15) is 5.56 Å². The third-order valence-corrected chi connectivity index (χ3v) is 4.37. The van der Waals surface area contributed by atoms with E-state index >= 15 is 0 Å². The summed E-state index contributed by atoms with van der Waals surface area (Å²) in [5, 5.41) is 3.18. The van der Waals surface area contributed by atoms with Gasteiger partial charge in [0.05, 0.1) is 13.1 Å². The van der Waals surface area contributed by atoms with Crippen molar-refractivity contribution in [3.05, 3.63) is 84.4 Å². The highest BCUT2D eigenvalue weighted by atomic mass is 16.7. The van der Waals surface area contributed by atoms with Gasteiger partial charge in [-0.3, -0.25) is 4.79 Å². The summed E-state index contributed by atoms with van der Waals surface area (Å²) in [7, 11) is 0. The molecule has 0 fully saturated rings. The Morgan fingerprint density at radius 1 is 0.889 bits per heavy atom. The summed E-state index contributed by atoms with van der Waals surface area (Å²) in [5.74, 6) is 1.40. The standard InChI is InChI=1S/C22H20N2O3/c25-22(14-23-18-11-12-20-21(13-18)27-16-26-20)24(19-9-5-2-6-10-19)15-17-7-3-1-4-8-17/h1-13,23H,14-16H2. The zero-order valence-corrected chi connectivity index (χ0v) is 14.8. The molecule has 27 heavy (non-hydrogen) atoms. The number of anilines is 2. The molecular formula is C22H20N2O3. The Kier molecular flexibility index (Phi) is 4.92. The molecule has 0 saturated carbocycles. The molecule has 0 aliphatic carbocycles. The van der Waals surface area contributed by atoms with Gasteiger partial charge in [-0.2, -0.15) is 0 Å². The van der Waals surface area contributed by atoms with E-state index in [4.69, 9.17) is 9.47 Å². The first kappa shape index (κ1) is 17.0. The number of rotatable bonds is 6. The summed E-state index contributed by atoms with van der Waals surface area (Å²) in [6.07, 6.45) is 0. The van der Waals surface area contributed by atoms with Crippen molar-refractivity contribution >= 4 is 17.3 Å². The second kappa shape index (κ2) is 7.83. The van der Waals surface area contributed by atoms with Gasteiger partial charge < -0.3 is 19.7 Å². The fraction of sp³-hybridized carbons (Fsp3) is 0.136. The van der Waals surface area contributed by atoms with Gasteiger partial charge in [-0.1, -0.05) is 48.5 Å². The van der Waals surface area contributed by atoms with E-state index in [9.17, 15) is 4.79 Å². The number of amides is 1. The Balaban J connectivity index is 1.48. The van der Waals surface area contributed by atoms with Crippen LogP contribution in [0, 0.1) is 0 Å². The van der Waals surface area contributed by atoms with E-state index in [0.29, 0.717) is 12.3 Å². The minimum Gasteiger partial charge on any atom is -0.454 e. The molecule has 3 aromatic carbocycles. The van der Waals surface area contributed by atoms with E-state index in [1.54, 1.807) is 4.90 Å². The normalized spacial score (nSPS) is 11.9. The largest absolute Gasteiger partial charge is 0.454 e. The molecule has 1 aliphatic heterocycles. The lowest BCUT2D eigenvalue weighted by molar-refractivity contribution is -0.117. The minimum absolute atomic E-state index is 0.0114. The van der Waals surface area contributed by atoms with Crippen molar-refractivity contribution in [1.29, 1.82) is 0 Å². The van der Waals surface area contributed by atoms with Crippen LogP contribution in [0.15, 0.2) is 78.9 Å². The monoisotopic (exact) mass is 360 g/mol. The molecule has 5 nitrogen and oxygen atoms in total. The number of hydrogen-bond acceptors (Lipinski definition) is 4. The fourth-order valence-corrected chi connectivity index (χ4v) is 2.98. The van der Waals surface area contributed by atoms with Crippen LogP contribution in [0.4, 0.5) is 11.4 Å². The maximum absolute atomic E-state index is 13.0. The highest BCUT2D eigenvalue weighted by Crippen LogP contribution is 2.34. The number of fused-ring (bicyclic) bond motifs is 1. The van der Waals surface area contributed by atoms with E-state index in [1.807, 2.05) is 78.9 Å². The number of nitrogens with zero attached hydrogens (tertiary/aromatic N) is 1. The van der Waals surface area contributed by atoms with Gasteiger partial charge in [0.25, 0.3) is 0 Å². The third kappa shape index (κ3) is 4.03. The molecule has 0 radical (unpaired) electrons. The van der Waals surface area contributed by atoms with E-state index in [2.05, 4.69) is 5.32 Å². The molecule has 1 heterocycles. The first-order valence-electron chi connectivity index (χ1n) is 8.82. The molecule has 1 aliphatic rings. The van der Waals surface area contributed by atoms with Crippen molar-refractivity contribution in [2.24, 2.45) is 0 Å². The topological polar surface area (TPSA) is 50.8 Å². The predicted octanol–water partition coefficient (Wildman–Crippen LogP) is 4.06. The molecule has 0 spiro atoms. The summed E-state index contributed by atoms with van der Waals surface area (Å²) in [6, 6.07) is 25.3. The Morgan fingerprint density at radius 2 is 1.59 bits per heavy atom. The van der Waals surface area contributed by atoms with Crippen LogP contribution >= 0.6 is 0 Å². The number of nitrogens with one attached hydrogen (secondary N) is 1. The van der Waals surface area contributed by atoms with Gasteiger partial charge in [0.1, 0.15) is 0 Å². The lowest BCUT2D eigenvalue weighted by Gasteiger charge is -2.23. The lowest BCUT2D eigenvalue weighted by Crippen LogP contribution is -2.35. The number of carbonyl (C=O) groups is 1. The Bertz CT molecular complexity index is 913. The predicted molar refractivity (Wildman–Crippen MR) is 105 cm³/mol. The highest BCUT2D eigenvalue weighted by molar-refractivity contribution is 5.96. The van der Waals surface area contributed by atoms with Gasteiger partial charge in [0.2, 0.25) is 12.7 Å². The molecule has 0 aromatic heterocycles. The van der Waals surface area contributed by atoms with Crippen molar-refractivity contribution in [3.8, 4) is 11.5 Å². The Morgan fingerprint density at radius 3 is 2.37 bits per heavy atom. The van der Waals surface area contributed by atoms with Crippen LogP contribution in [0.3, 0.4) is 0 Å². The van der Waals surface area contributed by atoms with Crippen molar-refractivity contribution in [3.63, 3.8) is 0 Å². The zero-order chi connectivity index (χ0) is 18.5. The van der Waals surface area contributed by atoms with Crippen LogP contribution in [-0.2, 0) is 11.3 Å². The molecule has 0 unspecified atom stereocenters. The number of para-hydroxylation sites is 1. The van der Waals surface area contributed by atoms with E-state index in [1.165, 1.54) is 0 Å². The highest BCUT2D eigenvalue weighted by Gasteiger charge is 2.17. The molecule has 4 rings (SSSR count). The van der Waals surface area contributed by atoms with Crippen molar-refractivity contribution in [1.82, 2.24) is 0 Å². The number of benzene rings is 3. The van der Waals surface area contributed by atoms with Gasteiger partial charge in [0, 0.05) is 17.4 Å². The van der Waals surface area contributed by atoms with E-state index < -0.39 is 0 Å². The van der Waals surface area contributed by atoms with Crippen LogP contribution in [-0.4, -0.2) is 19.2 Å². The van der Waals surface area contributed by atoms with E-state index in [0.717, 1.165) is 22.7 Å². The van der Waals surface area contributed by atoms with Crippen LogP contribution < -0.4 is 19.7 Å². The van der Waals surface area contributed by atoms with Gasteiger partial charge in [0.15, 0.2) is 11.5 Å². The van der Waals surface area contributed by atoms with Gasteiger partial charge in [-0.05, 0) is 29.8 Å². The Labute approximate surface area is 158 Å². The molecule has 5 heteroatoms. The fourth-order valence-electron chi connectivity index (χ4n) is 2.98. The van der Waals surface area contributed by atoms with Gasteiger partial charge >= 0.3 is 0 Å². The van der Waals surface area contributed by atoms with Gasteiger partial charge in [-0.25, -0.2) is 0 Å². The summed E-state index contributed by atoms with van der Waals surface area (Å²) in [5.41, 5.74) is 2.77. The van der Waals surface area contributed by atoms with Crippen molar-refractivity contribution < 1.29 is 14.3 Å². The van der Waals surface area contributed by atoms with E-state index in [-0.39, 0.29) is 19.2 Å². The molecule has 0 atom stereocenters. The average molecular weight is 360 g/mol. The maximum atomic E-state index is 13.0. The summed E-state index contributed by atoms with van der Waals surface area (Å²) >= 11 is 0. The maximum Gasteiger partial charge on any atom is 0.246 e. The SMILES string of the molecule is O=C(CNc1ccc2c(c1)OCO2)N(Cc1ccccc1)c1ccccc1. The molecule has 3 aromatic rings.